The smallest absolute Gasteiger partial charge is 0.259 e. The van der Waals surface area contributed by atoms with Gasteiger partial charge in [-0.05, 0) is 55.0 Å². The van der Waals surface area contributed by atoms with Gasteiger partial charge in [0.2, 0.25) is 0 Å². The molecular weight excluding hydrogens is 432 g/mol. The van der Waals surface area contributed by atoms with Gasteiger partial charge in [-0.2, -0.15) is 0 Å². The number of methoxy groups -OCH3 is 1. The van der Waals surface area contributed by atoms with Crippen molar-refractivity contribution in [3.63, 3.8) is 0 Å². The highest BCUT2D eigenvalue weighted by Gasteiger charge is 2.14. The van der Waals surface area contributed by atoms with Gasteiger partial charge in [-0.15, -0.1) is 0 Å². The van der Waals surface area contributed by atoms with Crippen molar-refractivity contribution in [3.05, 3.63) is 94.0 Å². The molecule has 0 aromatic heterocycles. The van der Waals surface area contributed by atoms with Gasteiger partial charge in [-0.1, -0.05) is 46.3 Å². The molecule has 2 N–H and O–H groups in total. The van der Waals surface area contributed by atoms with Crippen molar-refractivity contribution < 1.29 is 14.3 Å². The van der Waals surface area contributed by atoms with Crippen molar-refractivity contribution in [2.75, 3.05) is 12.4 Å². The fourth-order valence-corrected chi connectivity index (χ4v) is 3.23. The average Bonchev–Trinajstić information content (AvgIpc) is 2.74. The van der Waals surface area contributed by atoms with Crippen LogP contribution in [0.25, 0.3) is 0 Å². The van der Waals surface area contributed by atoms with E-state index in [-0.39, 0.29) is 17.9 Å². The van der Waals surface area contributed by atoms with Crippen LogP contribution < -0.4 is 15.4 Å². The van der Waals surface area contributed by atoms with Crippen molar-refractivity contribution in [1.29, 1.82) is 0 Å². The zero-order chi connectivity index (χ0) is 20.8. The van der Waals surface area contributed by atoms with Crippen LogP contribution in [0, 0.1) is 0 Å². The average molecular weight is 453 g/mol. The largest absolute Gasteiger partial charge is 0.496 e. The number of rotatable bonds is 6. The summed E-state index contributed by atoms with van der Waals surface area (Å²) in [5, 5.41) is 5.79. The molecule has 5 nitrogen and oxygen atoms in total. The molecular formula is C23H21BrN2O3. The number of benzene rings is 3. The van der Waals surface area contributed by atoms with Crippen LogP contribution in [0.4, 0.5) is 5.69 Å². The summed E-state index contributed by atoms with van der Waals surface area (Å²) in [7, 11) is 1.52. The molecule has 0 saturated heterocycles. The highest BCUT2D eigenvalue weighted by Crippen LogP contribution is 2.24. The van der Waals surface area contributed by atoms with E-state index in [2.05, 4.69) is 26.6 Å². The highest BCUT2D eigenvalue weighted by molar-refractivity contribution is 9.10. The number of anilines is 1. The molecule has 0 fully saturated rings. The predicted octanol–water partition coefficient (Wildman–Crippen LogP) is 5.20. The van der Waals surface area contributed by atoms with Gasteiger partial charge in [-0.25, -0.2) is 0 Å². The van der Waals surface area contributed by atoms with E-state index in [9.17, 15) is 9.59 Å². The quantitative estimate of drug-likeness (QED) is 0.539. The highest BCUT2D eigenvalue weighted by atomic mass is 79.9. The summed E-state index contributed by atoms with van der Waals surface area (Å²) in [5.74, 6) is 0.0162. The maximum atomic E-state index is 12.6. The van der Waals surface area contributed by atoms with E-state index >= 15 is 0 Å². The fourth-order valence-electron chi connectivity index (χ4n) is 2.87. The zero-order valence-corrected chi connectivity index (χ0v) is 17.7. The van der Waals surface area contributed by atoms with Crippen LogP contribution in [0.5, 0.6) is 5.75 Å². The van der Waals surface area contributed by atoms with E-state index in [0.29, 0.717) is 22.6 Å². The molecule has 0 bridgehead atoms. The number of amides is 2. The molecule has 0 saturated carbocycles. The van der Waals surface area contributed by atoms with Crippen LogP contribution in [-0.2, 0) is 0 Å². The first-order valence-corrected chi connectivity index (χ1v) is 9.88. The maximum absolute atomic E-state index is 12.6. The molecule has 0 aliphatic carbocycles. The SMILES string of the molecule is COc1ccc(Br)cc1C(=O)Nc1ccc(C(=O)NC(C)c2ccccc2)cc1. The lowest BCUT2D eigenvalue weighted by Crippen LogP contribution is -2.26. The minimum Gasteiger partial charge on any atom is -0.496 e. The number of nitrogens with one attached hydrogen (secondary N) is 2. The summed E-state index contributed by atoms with van der Waals surface area (Å²) >= 11 is 3.36. The Bertz CT molecular complexity index is 1000. The molecule has 0 spiro atoms. The third-order valence-corrected chi connectivity index (χ3v) is 4.95. The monoisotopic (exact) mass is 452 g/mol. The summed E-state index contributed by atoms with van der Waals surface area (Å²) < 4.78 is 6.03. The van der Waals surface area contributed by atoms with Gasteiger partial charge in [0, 0.05) is 15.7 Å². The van der Waals surface area contributed by atoms with Crippen LogP contribution in [0.2, 0.25) is 0 Å². The number of hydrogen-bond acceptors (Lipinski definition) is 3. The Kier molecular flexibility index (Phi) is 6.67. The summed E-state index contributed by atoms with van der Waals surface area (Å²) in [4.78, 5) is 25.1. The van der Waals surface area contributed by atoms with Gasteiger partial charge in [0.1, 0.15) is 5.75 Å². The molecule has 0 radical (unpaired) electrons. The summed E-state index contributed by atoms with van der Waals surface area (Å²) in [6.45, 7) is 1.94. The Morgan fingerprint density at radius 3 is 2.28 bits per heavy atom. The lowest BCUT2D eigenvalue weighted by Gasteiger charge is -2.14. The van der Waals surface area contributed by atoms with Crippen LogP contribution in [0.15, 0.2) is 77.3 Å². The molecule has 0 aliphatic heterocycles. The first-order valence-electron chi connectivity index (χ1n) is 9.08. The summed E-state index contributed by atoms with van der Waals surface area (Å²) in [6.07, 6.45) is 0. The van der Waals surface area contributed by atoms with E-state index in [1.165, 1.54) is 7.11 Å². The standard InChI is InChI=1S/C23H21BrN2O3/c1-15(16-6-4-3-5-7-16)25-22(27)17-8-11-19(12-9-17)26-23(28)20-14-18(24)10-13-21(20)29-2/h3-15H,1-2H3,(H,25,27)(H,26,28). The zero-order valence-electron chi connectivity index (χ0n) is 16.1. The molecule has 3 rings (SSSR count). The van der Waals surface area contributed by atoms with Crippen molar-refractivity contribution >= 4 is 33.4 Å². The van der Waals surface area contributed by atoms with E-state index in [1.54, 1.807) is 42.5 Å². The fraction of sp³-hybridized carbons (Fsp3) is 0.130. The molecule has 2 amide bonds. The number of ether oxygens (including phenoxy) is 1. The molecule has 6 heteroatoms. The third-order valence-electron chi connectivity index (χ3n) is 4.46. The molecule has 0 heterocycles. The van der Waals surface area contributed by atoms with E-state index < -0.39 is 0 Å². The second kappa shape index (κ2) is 9.39. The minimum atomic E-state index is -0.293. The normalized spacial score (nSPS) is 11.4. The maximum Gasteiger partial charge on any atom is 0.259 e. The summed E-state index contributed by atoms with van der Waals surface area (Å²) in [6, 6.07) is 21.6. The van der Waals surface area contributed by atoms with E-state index in [1.807, 2.05) is 37.3 Å². The lowest BCUT2D eigenvalue weighted by molar-refractivity contribution is 0.0939. The number of halogens is 1. The number of carbonyl (C=O) groups is 2. The van der Waals surface area contributed by atoms with Gasteiger partial charge in [-0.3, -0.25) is 9.59 Å². The third kappa shape index (κ3) is 5.23. The van der Waals surface area contributed by atoms with E-state index in [0.717, 1.165) is 10.0 Å². The molecule has 1 atom stereocenters. The van der Waals surface area contributed by atoms with Crippen molar-refractivity contribution in [2.24, 2.45) is 0 Å². The molecule has 1 unspecified atom stereocenters. The van der Waals surface area contributed by atoms with E-state index in [4.69, 9.17) is 4.74 Å². The van der Waals surface area contributed by atoms with Crippen LogP contribution in [0.1, 0.15) is 39.2 Å². The Hall–Kier alpha value is -3.12. The number of hydrogen-bond donors (Lipinski definition) is 2. The van der Waals surface area contributed by atoms with Gasteiger partial charge in [0.05, 0.1) is 18.7 Å². The first kappa shape index (κ1) is 20.6. The van der Waals surface area contributed by atoms with Gasteiger partial charge in [0.25, 0.3) is 11.8 Å². The lowest BCUT2D eigenvalue weighted by atomic mass is 10.1. The Labute approximate surface area is 178 Å². The molecule has 0 aliphatic rings. The predicted molar refractivity (Wildman–Crippen MR) is 117 cm³/mol. The Morgan fingerprint density at radius 2 is 1.62 bits per heavy atom. The van der Waals surface area contributed by atoms with Crippen LogP contribution >= 0.6 is 15.9 Å². The van der Waals surface area contributed by atoms with Gasteiger partial charge in [0.15, 0.2) is 0 Å². The molecule has 3 aromatic rings. The summed E-state index contributed by atoms with van der Waals surface area (Å²) in [5.41, 5.74) is 2.56. The van der Waals surface area contributed by atoms with Crippen molar-refractivity contribution in [3.8, 4) is 5.75 Å². The van der Waals surface area contributed by atoms with Crippen molar-refractivity contribution in [1.82, 2.24) is 5.32 Å². The van der Waals surface area contributed by atoms with Crippen molar-refractivity contribution in [2.45, 2.75) is 13.0 Å². The van der Waals surface area contributed by atoms with Crippen LogP contribution in [0.3, 0.4) is 0 Å². The molecule has 29 heavy (non-hydrogen) atoms. The second-order valence-electron chi connectivity index (χ2n) is 6.48. The molecule has 148 valence electrons. The van der Waals surface area contributed by atoms with Gasteiger partial charge >= 0.3 is 0 Å². The van der Waals surface area contributed by atoms with Gasteiger partial charge < -0.3 is 15.4 Å². The Morgan fingerprint density at radius 1 is 0.931 bits per heavy atom. The number of carbonyl (C=O) groups excluding carboxylic acids is 2. The molecule has 3 aromatic carbocycles. The Balaban J connectivity index is 1.66. The minimum absolute atomic E-state index is 0.105. The second-order valence-corrected chi connectivity index (χ2v) is 7.40. The van der Waals surface area contributed by atoms with Crippen LogP contribution in [-0.4, -0.2) is 18.9 Å². The first-order chi connectivity index (χ1) is 14.0. The topological polar surface area (TPSA) is 67.4 Å².